The Bertz CT molecular complexity index is 315. The fourth-order valence-corrected chi connectivity index (χ4v) is 2.34. The minimum atomic E-state index is 0.0206. The summed E-state index contributed by atoms with van der Waals surface area (Å²) in [6.07, 6.45) is 3.56. The predicted molar refractivity (Wildman–Crippen MR) is 84.1 cm³/mol. The molecule has 0 aromatic rings. The van der Waals surface area contributed by atoms with E-state index in [1.54, 1.807) is 0 Å². The SMILES string of the molecule is CC(=O)NCCCCCNC(=O)CCN1CCN(C)CC1. The second kappa shape index (κ2) is 10.6. The summed E-state index contributed by atoms with van der Waals surface area (Å²) in [4.78, 5) is 27.1. The Morgan fingerprint density at radius 1 is 0.952 bits per heavy atom. The minimum Gasteiger partial charge on any atom is -0.356 e. The van der Waals surface area contributed by atoms with Crippen molar-refractivity contribution in [2.24, 2.45) is 0 Å². The zero-order chi connectivity index (χ0) is 15.5. The van der Waals surface area contributed by atoms with E-state index in [9.17, 15) is 9.59 Å². The third kappa shape index (κ3) is 9.42. The van der Waals surface area contributed by atoms with Gasteiger partial charge in [0.2, 0.25) is 11.8 Å². The normalized spacial score (nSPS) is 16.7. The van der Waals surface area contributed by atoms with E-state index >= 15 is 0 Å². The lowest BCUT2D eigenvalue weighted by Gasteiger charge is -2.32. The summed E-state index contributed by atoms with van der Waals surface area (Å²) in [5, 5.41) is 5.74. The monoisotopic (exact) mass is 298 g/mol. The molecule has 0 atom stereocenters. The molecular weight excluding hydrogens is 268 g/mol. The maximum Gasteiger partial charge on any atom is 0.221 e. The summed E-state index contributed by atoms with van der Waals surface area (Å²) in [5.41, 5.74) is 0. The molecule has 1 aliphatic heterocycles. The van der Waals surface area contributed by atoms with E-state index in [2.05, 4.69) is 27.5 Å². The minimum absolute atomic E-state index is 0.0206. The van der Waals surface area contributed by atoms with E-state index in [1.807, 2.05) is 0 Å². The van der Waals surface area contributed by atoms with Crippen molar-refractivity contribution in [1.82, 2.24) is 20.4 Å². The lowest BCUT2D eigenvalue weighted by atomic mass is 10.2. The Morgan fingerprint density at radius 2 is 1.57 bits per heavy atom. The Morgan fingerprint density at radius 3 is 2.19 bits per heavy atom. The third-order valence-electron chi connectivity index (χ3n) is 3.80. The molecule has 1 rings (SSSR count). The number of amides is 2. The molecule has 6 nitrogen and oxygen atoms in total. The number of unbranched alkanes of at least 4 members (excludes halogenated alkanes) is 2. The molecule has 0 unspecified atom stereocenters. The lowest BCUT2D eigenvalue weighted by Crippen LogP contribution is -2.45. The van der Waals surface area contributed by atoms with Crippen LogP contribution in [0, 0.1) is 0 Å². The van der Waals surface area contributed by atoms with Crippen LogP contribution < -0.4 is 10.6 Å². The van der Waals surface area contributed by atoms with Gasteiger partial charge in [-0.25, -0.2) is 0 Å². The maximum atomic E-state index is 11.7. The molecule has 21 heavy (non-hydrogen) atoms. The standard InChI is InChI=1S/C15H30N4O2/c1-14(20)16-7-4-3-5-8-17-15(21)6-9-19-12-10-18(2)11-13-19/h3-13H2,1-2H3,(H,16,20)(H,17,21). The largest absolute Gasteiger partial charge is 0.356 e. The van der Waals surface area contributed by atoms with Gasteiger partial charge in [-0.2, -0.15) is 0 Å². The number of hydrogen-bond acceptors (Lipinski definition) is 4. The summed E-state index contributed by atoms with van der Waals surface area (Å²) in [7, 11) is 2.13. The van der Waals surface area contributed by atoms with Crippen LogP contribution in [0.25, 0.3) is 0 Å². The number of carbonyl (C=O) groups is 2. The van der Waals surface area contributed by atoms with E-state index in [-0.39, 0.29) is 11.8 Å². The first-order valence-electron chi connectivity index (χ1n) is 8.00. The van der Waals surface area contributed by atoms with Crippen LogP contribution in [0.2, 0.25) is 0 Å². The van der Waals surface area contributed by atoms with Gasteiger partial charge in [-0.05, 0) is 26.3 Å². The van der Waals surface area contributed by atoms with E-state index in [4.69, 9.17) is 0 Å². The highest BCUT2D eigenvalue weighted by Gasteiger charge is 2.14. The topological polar surface area (TPSA) is 64.7 Å². The third-order valence-corrected chi connectivity index (χ3v) is 3.80. The molecule has 2 N–H and O–H groups in total. The molecule has 0 spiro atoms. The van der Waals surface area contributed by atoms with Crippen molar-refractivity contribution in [1.29, 1.82) is 0 Å². The predicted octanol–water partition coefficient (Wildman–Crippen LogP) is 0.0465. The quantitative estimate of drug-likeness (QED) is 0.590. The average Bonchev–Trinajstić information content (AvgIpc) is 2.45. The highest BCUT2D eigenvalue weighted by Crippen LogP contribution is 2.00. The first-order valence-corrected chi connectivity index (χ1v) is 8.00. The van der Waals surface area contributed by atoms with Gasteiger partial charge in [0.1, 0.15) is 0 Å². The van der Waals surface area contributed by atoms with E-state index in [0.29, 0.717) is 6.42 Å². The van der Waals surface area contributed by atoms with Crippen LogP contribution in [0.15, 0.2) is 0 Å². The number of nitrogens with one attached hydrogen (secondary N) is 2. The van der Waals surface area contributed by atoms with Crippen molar-refractivity contribution >= 4 is 11.8 Å². The maximum absolute atomic E-state index is 11.7. The van der Waals surface area contributed by atoms with Gasteiger partial charge in [0.05, 0.1) is 0 Å². The molecule has 1 saturated heterocycles. The highest BCUT2D eigenvalue weighted by atomic mass is 16.2. The van der Waals surface area contributed by atoms with Crippen LogP contribution >= 0.6 is 0 Å². The average molecular weight is 298 g/mol. The summed E-state index contributed by atoms with van der Waals surface area (Å²) in [6, 6.07) is 0. The van der Waals surface area contributed by atoms with Gasteiger partial charge < -0.3 is 20.4 Å². The van der Waals surface area contributed by atoms with Crippen molar-refractivity contribution in [2.45, 2.75) is 32.6 Å². The second-order valence-electron chi connectivity index (χ2n) is 5.79. The zero-order valence-electron chi connectivity index (χ0n) is 13.5. The highest BCUT2D eigenvalue weighted by molar-refractivity contribution is 5.76. The molecule has 0 radical (unpaired) electrons. The summed E-state index contributed by atoms with van der Waals surface area (Å²) in [5.74, 6) is 0.169. The van der Waals surface area contributed by atoms with Gasteiger partial charge in [0, 0.05) is 59.2 Å². The fourth-order valence-electron chi connectivity index (χ4n) is 2.34. The molecule has 0 aliphatic carbocycles. The molecule has 6 heteroatoms. The molecule has 122 valence electrons. The second-order valence-corrected chi connectivity index (χ2v) is 5.79. The molecule has 1 aliphatic rings. The van der Waals surface area contributed by atoms with Crippen LogP contribution in [-0.4, -0.2) is 74.5 Å². The fraction of sp³-hybridized carbons (Fsp3) is 0.867. The van der Waals surface area contributed by atoms with Gasteiger partial charge in [-0.1, -0.05) is 0 Å². The van der Waals surface area contributed by atoms with Crippen molar-refractivity contribution in [3.8, 4) is 0 Å². The number of piperazine rings is 1. The van der Waals surface area contributed by atoms with Crippen LogP contribution in [0.1, 0.15) is 32.6 Å². The van der Waals surface area contributed by atoms with Gasteiger partial charge in [0.15, 0.2) is 0 Å². The molecule has 1 heterocycles. The smallest absolute Gasteiger partial charge is 0.221 e. The molecule has 1 fully saturated rings. The number of carbonyl (C=O) groups excluding carboxylic acids is 2. The van der Waals surface area contributed by atoms with E-state index in [0.717, 1.165) is 65.1 Å². The van der Waals surface area contributed by atoms with Crippen LogP contribution in [0.4, 0.5) is 0 Å². The zero-order valence-corrected chi connectivity index (χ0v) is 13.5. The van der Waals surface area contributed by atoms with Crippen LogP contribution in [0.5, 0.6) is 0 Å². The van der Waals surface area contributed by atoms with Crippen LogP contribution in [0.3, 0.4) is 0 Å². The summed E-state index contributed by atoms with van der Waals surface area (Å²) in [6.45, 7) is 8.17. The van der Waals surface area contributed by atoms with Gasteiger partial charge in [-0.15, -0.1) is 0 Å². The van der Waals surface area contributed by atoms with Gasteiger partial charge >= 0.3 is 0 Å². The summed E-state index contributed by atoms with van der Waals surface area (Å²) >= 11 is 0. The van der Waals surface area contributed by atoms with Crippen LogP contribution in [-0.2, 0) is 9.59 Å². The van der Waals surface area contributed by atoms with E-state index in [1.165, 1.54) is 6.92 Å². The Kier molecular flexibility index (Phi) is 9.01. The molecule has 0 aromatic heterocycles. The van der Waals surface area contributed by atoms with Crippen molar-refractivity contribution in [2.75, 3.05) is 52.9 Å². The number of rotatable bonds is 9. The van der Waals surface area contributed by atoms with Gasteiger partial charge in [-0.3, -0.25) is 9.59 Å². The molecule has 0 bridgehead atoms. The van der Waals surface area contributed by atoms with Gasteiger partial charge in [0.25, 0.3) is 0 Å². The number of hydrogen-bond donors (Lipinski definition) is 2. The van der Waals surface area contributed by atoms with Crippen molar-refractivity contribution in [3.63, 3.8) is 0 Å². The van der Waals surface area contributed by atoms with Crippen molar-refractivity contribution < 1.29 is 9.59 Å². The first kappa shape index (κ1) is 17.9. The Balaban J connectivity index is 1.91. The van der Waals surface area contributed by atoms with E-state index < -0.39 is 0 Å². The molecular formula is C15H30N4O2. The number of likely N-dealkylation sites (N-methyl/N-ethyl adjacent to an activating group) is 1. The summed E-state index contributed by atoms with van der Waals surface area (Å²) < 4.78 is 0. The molecule has 2 amide bonds. The molecule has 0 saturated carbocycles. The Hall–Kier alpha value is -1.14. The lowest BCUT2D eigenvalue weighted by molar-refractivity contribution is -0.121. The number of nitrogens with zero attached hydrogens (tertiary/aromatic N) is 2. The Labute approximate surface area is 128 Å². The first-order chi connectivity index (χ1) is 10.1. The van der Waals surface area contributed by atoms with Crippen molar-refractivity contribution in [3.05, 3.63) is 0 Å². The molecule has 0 aromatic carbocycles.